The van der Waals surface area contributed by atoms with Crippen LogP contribution in [0.4, 0.5) is 5.13 Å². The third kappa shape index (κ3) is 3.17. The Morgan fingerprint density at radius 3 is 2.90 bits per heavy atom. The highest BCUT2D eigenvalue weighted by Crippen LogP contribution is 2.37. The zero-order valence-electron chi connectivity index (χ0n) is 15.5. The van der Waals surface area contributed by atoms with Crippen molar-refractivity contribution in [1.82, 2.24) is 4.98 Å². The van der Waals surface area contributed by atoms with Crippen LogP contribution in [0.15, 0.2) is 59.2 Å². The van der Waals surface area contributed by atoms with Gasteiger partial charge in [0, 0.05) is 5.56 Å². The summed E-state index contributed by atoms with van der Waals surface area (Å²) in [6.45, 7) is 0.406. The summed E-state index contributed by atoms with van der Waals surface area (Å²) < 4.78 is 22.6. The highest BCUT2D eigenvalue weighted by Gasteiger charge is 2.25. The van der Waals surface area contributed by atoms with Crippen molar-refractivity contribution in [1.29, 1.82) is 0 Å². The first-order chi connectivity index (χ1) is 14.2. The lowest BCUT2D eigenvalue weighted by atomic mass is 10.1. The van der Waals surface area contributed by atoms with Crippen LogP contribution >= 0.6 is 11.3 Å². The number of thiazole rings is 1. The number of carbonyl (C=O) groups excluding carboxylic acids is 1. The molecule has 4 aromatic rings. The van der Waals surface area contributed by atoms with E-state index in [4.69, 9.17) is 18.6 Å². The van der Waals surface area contributed by atoms with Crippen molar-refractivity contribution < 1.29 is 23.4 Å². The lowest BCUT2D eigenvalue weighted by Crippen LogP contribution is -2.30. The van der Waals surface area contributed by atoms with Crippen molar-refractivity contribution >= 4 is 32.6 Å². The first kappa shape index (κ1) is 17.6. The van der Waals surface area contributed by atoms with E-state index in [1.54, 1.807) is 42.5 Å². The number of amides is 1. The van der Waals surface area contributed by atoms with E-state index in [1.807, 2.05) is 24.3 Å². The molecule has 3 heterocycles. The molecule has 0 saturated carbocycles. The lowest BCUT2D eigenvalue weighted by molar-refractivity contribution is 0.0983. The maximum atomic E-state index is 13.4. The average molecular weight is 408 g/mol. The summed E-state index contributed by atoms with van der Waals surface area (Å²) in [5.74, 6) is 2.30. The normalized spacial score (nSPS) is 12.3. The number of para-hydroxylation sites is 1. The number of ether oxygens (including phenoxy) is 3. The molecule has 0 spiro atoms. The minimum atomic E-state index is -0.210. The number of fused-ring (bicyclic) bond motifs is 2. The molecule has 7 nitrogen and oxygen atoms in total. The minimum Gasteiger partial charge on any atom is -0.494 e. The number of hydrogen-bond donors (Lipinski definition) is 0. The van der Waals surface area contributed by atoms with E-state index in [2.05, 4.69) is 4.98 Å². The fourth-order valence-electron chi connectivity index (χ4n) is 3.16. The molecule has 0 atom stereocenters. The van der Waals surface area contributed by atoms with E-state index in [1.165, 1.54) is 11.3 Å². The summed E-state index contributed by atoms with van der Waals surface area (Å²) in [4.78, 5) is 19.7. The van der Waals surface area contributed by atoms with Crippen molar-refractivity contribution in [2.45, 2.75) is 6.54 Å². The van der Waals surface area contributed by atoms with Crippen LogP contribution in [-0.4, -0.2) is 24.8 Å². The minimum absolute atomic E-state index is 0.154. The quantitative estimate of drug-likeness (QED) is 0.485. The average Bonchev–Trinajstić information content (AvgIpc) is 3.50. The molecule has 1 aliphatic rings. The standard InChI is InChI=1S/C21H16N2O5S/c1-25-16-5-2-6-18-19(16)22-21(29-18)23(11-14-4-3-9-26-14)20(24)13-7-8-15-17(10-13)28-12-27-15/h2-10H,11-12H2,1H3. The number of rotatable bonds is 5. The van der Waals surface area contributed by atoms with E-state index in [0.717, 1.165) is 10.2 Å². The Labute approximate surface area is 170 Å². The highest BCUT2D eigenvalue weighted by molar-refractivity contribution is 7.22. The summed E-state index contributed by atoms with van der Waals surface area (Å²) in [5.41, 5.74) is 1.20. The molecule has 8 heteroatoms. The molecule has 0 aliphatic carbocycles. The number of furan rings is 1. The van der Waals surface area contributed by atoms with Gasteiger partial charge in [-0.25, -0.2) is 4.98 Å². The molecule has 0 unspecified atom stereocenters. The molecule has 0 fully saturated rings. The van der Waals surface area contributed by atoms with Crippen LogP contribution < -0.4 is 19.1 Å². The van der Waals surface area contributed by atoms with Crippen LogP contribution in [0.3, 0.4) is 0 Å². The van der Waals surface area contributed by atoms with Gasteiger partial charge in [-0.3, -0.25) is 9.69 Å². The van der Waals surface area contributed by atoms with Crippen molar-refractivity contribution in [2.75, 3.05) is 18.8 Å². The van der Waals surface area contributed by atoms with E-state index < -0.39 is 0 Å². The van der Waals surface area contributed by atoms with Gasteiger partial charge < -0.3 is 18.6 Å². The third-order valence-corrected chi connectivity index (χ3v) is 5.62. The Balaban J connectivity index is 1.57. The summed E-state index contributed by atoms with van der Waals surface area (Å²) in [5, 5.41) is 0.559. The fourth-order valence-corrected chi connectivity index (χ4v) is 4.14. The molecule has 0 N–H and O–H groups in total. The van der Waals surface area contributed by atoms with Gasteiger partial charge in [-0.15, -0.1) is 0 Å². The largest absolute Gasteiger partial charge is 0.494 e. The third-order valence-electron chi connectivity index (χ3n) is 4.58. The Kier molecular flexibility index (Phi) is 4.33. The van der Waals surface area contributed by atoms with Gasteiger partial charge in [-0.1, -0.05) is 17.4 Å². The van der Waals surface area contributed by atoms with Crippen molar-refractivity contribution in [3.05, 3.63) is 66.1 Å². The second kappa shape index (κ2) is 7.14. The van der Waals surface area contributed by atoms with Gasteiger partial charge in [0.15, 0.2) is 16.6 Å². The number of hydrogen-bond acceptors (Lipinski definition) is 7. The maximum Gasteiger partial charge on any atom is 0.260 e. The molecule has 0 radical (unpaired) electrons. The van der Waals surface area contributed by atoms with Gasteiger partial charge in [0.2, 0.25) is 6.79 Å². The van der Waals surface area contributed by atoms with Crippen molar-refractivity contribution in [3.63, 3.8) is 0 Å². The van der Waals surface area contributed by atoms with Gasteiger partial charge in [-0.05, 0) is 42.5 Å². The molecule has 146 valence electrons. The fraction of sp³-hybridized carbons (Fsp3) is 0.143. The van der Waals surface area contributed by atoms with Crippen LogP contribution in [0.1, 0.15) is 16.1 Å². The van der Waals surface area contributed by atoms with Gasteiger partial charge in [-0.2, -0.15) is 0 Å². The molecule has 0 saturated heterocycles. The number of benzene rings is 2. The molecule has 1 aliphatic heterocycles. The molecule has 1 amide bonds. The van der Waals surface area contributed by atoms with Crippen molar-refractivity contribution in [2.24, 2.45) is 0 Å². The summed E-state index contributed by atoms with van der Waals surface area (Å²) in [7, 11) is 1.60. The molecule has 2 aromatic heterocycles. The highest BCUT2D eigenvalue weighted by atomic mass is 32.1. The van der Waals surface area contributed by atoms with Crippen LogP contribution in [0.5, 0.6) is 17.2 Å². The van der Waals surface area contributed by atoms with E-state index in [-0.39, 0.29) is 19.2 Å². The van der Waals surface area contributed by atoms with Gasteiger partial charge >= 0.3 is 0 Å². The van der Waals surface area contributed by atoms with Crippen LogP contribution in [0, 0.1) is 0 Å². The maximum absolute atomic E-state index is 13.4. The second-order valence-corrected chi connectivity index (χ2v) is 7.35. The topological polar surface area (TPSA) is 74.0 Å². The Morgan fingerprint density at radius 1 is 1.17 bits per heavy atom. The smallest absolute Gasteiger partial charge is 0.260 e. The van der Waals surface area contributed by atoms with Crippen LogP contribution in [0.2, 0.25) is 0 Å². The summed E-state index contributed by atoms with van der Waals surface area (Å²) in [6, 6.07) is 14.5. The number of methoxy groups -OCH3 is 1. The zero-order chi connectivity index (χ0) is 19.8. The Morgan fingerprint density at radius 2 is 2.07 bits per heavy atom. The SMILES string of the molecule is COc1cccc2sc(N(Cc3ccco3)C(=O)c3ccc4c(c3)OCO4)nc12. The number of aromatic nitrogens is 1. The number of carbonyl (C=O) groups is 1. The van der Waals surface area contributed by atoms with Crippen molar-refractivity contribution in [3.8, 4) is 17.2 Å². The van der Waals surface area contributed by atoms with Crippen LogP contribution in [0.25, 0.3) is 10.2 Å². The predicted octanol–water partition coefficient (Wildman–Crippen LogP) is 4.47. The molecule has 29 heavy (non-hydrogen) atoms. The number of anilines is 1. The predicted molar refractivity (Wildman–Crippen MR) is 108 cm³/mol. The molecular weight excluding hydrogens is 392 g/mol. The number of nitrogens with zero attached hydrogens (tertiary/aromatic N) is 2. The lowest BCUT2D eigenvalue weighted by Gasteiger charge is -2.19. The van der Waals surface area contributed by atoms with E-state index >= 15 is 0 Å². The molecular formula is C21H16N2O5S. The van der Waals surface area contributed by atoms with Gasteiger partial charge in [0.25, 0.3) is 5.91 Å². The molecule has 2 aromatic carbocycles. The molecule has 0 bridgehead atoms. The summed E-state index contributed by atoms with van der Waals surface area (Å²) >= 11 is 1.42. The summed E-state index contributed by atoms with van der Waals surface area (Å²) in [6.07, 6.45) is 1.58. The first-order valence-corrected chi connectivity index (χ1v) is 9.72. The van der Waals surface area contributed by atoms with E-state index in [0.29, 0.717) is 33.7 Å². The van der Waals surface area contributed by atoms with Gasteiger partial charge in [0.1, 0.15) is 17.0 Å². The zero-order valence-corrected chi connectivity index (χ0v) is 16.3. The Hall–Kier alpha value is -3.52. The van der Waals surface area contributed by atoms with Crippen LogP contribution in [-0.2, 0) is 6.54 Å². The van der Waals surface area contributed by atoms with Gasteiger partial charge in [0.05, 0.1) is 24.6 Å². The Bertz CT molecular complexity index is 1190. The monoisotopic (exact) mass is 408 g/mol. The van der Waals surface area contributed by atoms with E-state index in [9.17, 15) is 4.79 Å². The molecule has 5 rings (SSSR count). The first-order valence-electron chi connectivity index (χ1n) is 8.90. The second-order valence-electron chi connectivity index (χ2n) is 6.34.